The van der Waals surface area contributed by atoms with Gasteiger partial charge in [-0.2, -0.15) is 0 Å². The molecule has 2 rings (SSSR count). The van der Waals surface area contributed by atoms with Crippen molar-refractivity contribution < 1.29 is 9.47 Å². The van der Waals surface area contributed by atoms with Crippen LogP contribution in [0.2, 0.25) is 0 Å². The molecule has 3 nitrogen and oxygen atoms in total. The maximum Gasteiger partial charge on any atom is 0.142 e. The summed E-state index contributed by atoms with van der Waals surface area (Å²) in [6, 6.07) is 8.01. The molecule has 1 atom stereocenters. The second-order valence-corrected chi connectivity index (χ2v) is 3.40. The van der Waals surface area contributed by atoms with Crippen molar-refractivity contribution in [1.29, 1.82) is 0 Å². The molecule has 0 aromatic heterocycles. The molecule has 1 aliphatic heterocycles. The minimum atomic E-state index is 0.227. The summed E-state index contributed by atoms with van der Waals surface area (Å²) in [6.45, 7) is 1.61. The molecule has 0 spiro atoms. The normalized spacial score (nSPS) is 19.4. The third-order valence-corrected chi connectivity index (χ3v) is 2.34. The van der Waals surface area contributed by atoms with E-state index in [1.807, 2.05) is 24.3 Å². The smallest absolute Gasteiger partial charge is 0.142 e. The molecule has 0 saturated heterocycles. The predicted octanol–water partition coefficient (Wildman–Crippen LogP) is 1.90. The van der Waals surface area contributed by atoms with Gasteiger partial charge in [0.2, 0.25) is 0 Å². The maximum atomic E-state index is 5.79. The lowest BCUT2D eigenvalue weighted by atomic mass is 10.2. The van der Waals surface area contributed by atoms with Gasteiger partial charge in [0.1, 0.15) is 11.9 Å². The number of fused-ring (bicyclic) bond motifs is 1. The molecule has 0 amide bonds. The number of anilines is 1. The molecule has 1 heterocycles. The number of hydrogen-bond acceptors (Lipinski definition) is 3. The molecule has 0 radical (unpaired) electrons. The largest absolute Gasteiger partial charge is 0.486 e. The molecule has 14 heavy (non-hydrogen) atoms. The molecule has 0 unspecified atom stereocenters. The van der Waals surface area contributed by atoms with Gasteiger partial charge in [-0.25, -0.2) is 0 Å². The topological polar surface area (TPSA) is 30.5 Å². The van der Waals surface area contributed by atoms with Crippen LogP contribution >= 0.6 is 0 Å². The van der Waals surface area contributed by atoms with Gasteiger partial charge >= 0.3 is 0 Å². The zero-order valence-electron chi connectivity index (χ0n) is 8.32. The summed E-state index contributed by atoms with van der Waals surface area (Å²) in [4.78, 5) is 0. The van der Waals surface area contributed by atoms with Crippen LogP contribution in [0.4, 0.5) is 5.69 Å². The fourth-order valence-electron chi connectivity index (χ4n) is 1.57. The first kappa shape index (κ1) is 9.34. The fourth-order valence-corrected chi connectivity index (χ4v) is 1.57. The van der Waals surface area contributed by atoms with Crippen LogP contribution in [0, 0.1) is 0 Å². The summed E-state index contributed by atoms with van der Waals surface area (Å²) in [5.74, 6) is 0.944. The van der Waals surface area contributed by atoms with E-state index in [0.717, 1.165) is 31.0 Å². The molecule has 3 heteroatoms. The molecule has 0 saturated carbocycles. The van der Waals surface area contributed by atoms with E-state index in [1.165, 1.54) is 0 Å². The Morgan fingerprint density at radius 1 is 1.50 bits per heavy atom. The van der Waals surface area contributed by atoms with Crippen molar-refractivity contribution >= 4 is 5.69 Å². The van der Waals surface area contributed by atoms with E-state index in [0.29, 0.717) is 0 Å². The van der Waals surface area contributed by atoms with E-state index in [2.05, 4.69) is 5.32 Å². The molecule has 1 N–H and O–H groups in total. The van der Waals surface area contributed by atoms with Gasteiger partial charge in [0.05, 0.1) is 12.2 Å². The van der Waals surface area contributed by atoms with Gasteiger partial charge in [0.25, 0.3) is 0 Å². The highest BCUT2D eigenvalue weighted by atomic mass is 16.5. The highest BCUT2D eigenvalue weighted by molar-refractivity contribution is 5.57. The van der Waals surface area contributed by atoms with Crippen molar-refractivity contribution in [3.05, 3.63) is 24.3 Å². The highest BCUT2D eigenvalue weighted by Gasteiger charge is 2.17. The highest BCUT2D eigenvalue weighted by Crippen LogP contribution is 2.28. The van der Waals surface area contributed by atoms with Gasteiger partial charge in [-0.1, -0.05) is 12.1 Å². The number of para-hydroxylation sites is 2. The zero-order chi connectivity index (χ0) is 9.80. The van der Waals surface area contributed by atoms with Crippen molar-refractivity contribution in [1.82, 2.24) is 0 Å². The Hall–Kier alpha value is -1.22. The number of benzene rings is 1. The van der Waals surface area contributed by atoms with Crippen molar-refractivity contribution in [3.8, 4) is 5.75 Å². The third-order valence-electron chi connectivity index (χ3n) is 2.34. The minimum absolute atomic E-state index is 0.227. The molecular weight excluding hydrogens is 178 g/mol. The van der Waals surface area contributed by atoms with Crippen molar-refractivity contribution in [2.24, 2.45) is 0 Å². The summed E-state index contributed by atoms with van der Waals surface area (Å²) in [6.07, 6.45) is 1.16. The van der Waals surface area contributed by atoms with Crippen molar-refractivity contribution in [3.63, 3.8) is 0 Å². The average Bonchev–Trinajstić information content (AvgIpc) is 2.26. The number of methoxy groups -OCH3 is 1. The lowest BCUT2D eigenvalue weighted by molar-refractivity contribution is 0.128. The number of rotatable bonds is 3. The number of ether oxygens (including phenoxy) is 2. The Morgan fingerprint density at radius 2 is 2.36 bits per heavy atom. The first-order valence-corrected chi connectivity index (χ1v) is 4.88. The van der Waals surface area contributed by atoms with E-state index >= 15 is 0 Å². The van der Waals surface area contributed by atoms with E-state index < -0.39 is 0 Å². The van der Waals surface area contributed by atoms with Crippen LogP contribution in [-0.4, -0.2) is 26.4 Å². The summed E-state index contributed by atoms with van der Waals surface area (Å²) >= 11 is 0. The van der Waals surface area contributed by atoms with Crippen molar-refractivity contribution in [2.45, 2.75) is 12.5 Å². The third kappa shape index (κ3) is 1.99. The fraction of sp³-hybridized carbons (Fsp3) is 0.455. The molecule has 0 bridgehead atoms. The molecular formula is C11H15NO2. The Kier molecular flexibility index (Phi) is 2.89. The standard InChI is InChI=1S/C11H15NO2/c1-13-7-6-9-8-12-10-4-2-3-5-11(10)14-9/h2-5,9,12H,6-8H2,1H3/t9-/m1/s1. The molecule has 1 aromatic carbocycles. The summed E-state index contributed by atoms with van der Waals surface area (Å²) in [5, 5.41) is 3.34. The van der Waals surface area contributed by atoms with Gasteiger partial charge in [-0.15, -0.1) is 0 Å². The number of nitrogens with one attached hydrogen (secondary N) is 1. The Bertz CT molecular complexity index is 301. The second kappa shape index (κ2) is 4.33. The molecule has 76 valence electrons. The van der Waals surface area contributed by atoms with E-state index in [1.54, 1.807) is 7.11 Å². The van der Waals surface area contributed by atoms with Crippen LogP contribution in [-0.2, 0) is 4.74 Å². The molecule has 0 aliphatic carbocycles. The number of hydrogen-bond donors (Lipinski definition) is 1. The van der Waals surface area contributed by atoms with Crippen LogP contribution in [0.15, 0.2) is 24.3 Å². The summed E-state index contributed by atoms with van der Waals surface area (Å²) in [5.41, 5.74) is 1.08. The van der Waals surface area contributed by atoms with E-state index in [-0.39, 0.29) is 6.10 Å². The first-order chi connectivity index (χ1) is 6.90. The first-order valence-electron chi connectivity index (χ1n) is 4.88. The van der Waals surface area contributed by atoms with Crippen LogP contribution in [0.25, 0.3) is 0 Å². The Morgan fingerprint density at radius 3 is 3.21 bits per heavy atom. The molecule has 1 aliphatic rings. The van der Waals surface area contributed by atoms with Crippen LogP contribution in [0.3, 0.4) is 0 Å². The SMILES string of the molecule is COCC[C@@H]1CNc2ccccc2O1. The van der Waals surface area contributed by atoms with E-state index in [4.69, 9.17) is 9.47 Å². The predicted molar refractivity (Wildman–Crippen MR) is 55.8 cm³/mol. The van der Waals surface area contributed by atoms with Crippen LogP contribution in [0.1, 0.15) is 6.42 Å². The summed E-state index contributed by atoms with van der Waals surface area (Å²) in [7, 11) is 1.71. The second-order valence-electron chi connectivity index (χ2n) is 3.40. The van der Waals surface area contributed by atoms with Gasteiger partial charge in [-0.05, 0) is 12.1 Å². The van der Waals surface area contributed by atoms with Crippen LogP contribution < -0.4 is 10.1 Å². The van der Waals surface area contributed by atoms with Gasteiger partial charge in [0.15, 0.2) is 0 Å². The van der Waals surface area contributed by atoms with Gasteiger partial charge in [-0.3, -0.25) is 0 Å². The molecule has 0 fully saturated rings. The average molecular weight is 193 g/mol. The Labute approximate surface area is 84.0 Å². The zero-order valence-corrected chi connectivity index (χ0v) is 8.32. The van der Waals surface area contributed by atoms with Gasteiger partial charge in [0, 0.05) is 20.1 Å². The lowest BCUT2D eigenvalue weighted by Crippen LogP contribution is -2.31. The monoisotopic (exact) mass is 193 g/mol. The van der Waals surface area contributed by atoms with Crippen molar-refractivity contribution in [2.75, 3.05) is 25.6 Å². The minimum Gasteiger partial charge on any atom is -0.486 e. The van der Waals surface area contributed by atoms with E-state index in [9.17, 15) is 0 Å². The van der Waals surface area contributed by atoms with Gasteiger partial charge < -0.3 is 14.8 Å². The summed E-state index contributed by atoms with van der Waals surface area (Å²) < 4.78 is 10.8. The maximum absolute atomic E-state index is 5.79. The van der Waals surface area contributed by atoms with Crippen LogP contribution in [0.5, 0.6) is 5.75 Å². The lowest BCUT2D eigenvalue weighted by Gasteiger charge is -2.27. The molecule has 1 aromatic rings. The Balaban J connectivity index is 1.99. The quantitative estimate of drug-likeness (QED) is 0.795.